The van der Waals surface area contributed by atoms with Crippen molar-refractivity contribution in [3.05, 3.63) is 70.8 Å². The van der Waals surface area contributed by atoms with Gasteiger partial charge in [-0.25, -0.2) is 0 Å². The average molecular weight is 433 g/mol. The second kappa shape index (κ2) is 11.4. The molecule has 3 aromatic rings. The number of oxime groups is 1. The van der Waals surface area contributed by atoms with Crippen LogP contribution in [0.4, 0.5) is 0 Å². The molecule has 168 valence electrons. The minimum absolute atomic E-state index is 0.520. The molecule has 0 fully saturated rings. The van der Waals surface area contributed by atoms with Gasteiger partial charge in [-0.1, -0.05) is 18.1 Å². The lowest BCUT2D eigenvalue weighted by molar-refractivity contribution is 0.141. The highest BCUT2D eigenvalue weighted by molar-refractivity contribution is 5.96. The molecule has 0 radical (unpaired) electrons. The summed E-state index contributed by atoms with van der Waals surface area (Å²) in [5.41, 5.74) is 7.38. The maximum atomic E-state index is 5.78. The molecule has 3 aromatic heterocycles. The molecule has 0 aromatic carbocycles. The zero-order chi connectivity index (χ0) is 22.9. The molecule has 3 heterocycles. The van der Waals surface area contributed by atoms with E-state index in [2.05, 4.69) is 29.0 Å². The molecule has 0 bridgehead atoms. The van der Waals surface area contributed by atoms with Crippen LogP contribution in [-0.4, -0.2) is 33.9 Å². The van der Waals surface area contributed by atoms with Gasteiger partial charge in [0.15, 0.2) is 0 Å². The molecular formula is C26H32N4O2. The molecule has 0 amide bonds. The molecule has 0 aliphatic rings. The summed E-state index contributed by atoms with van der Waals surface area (Å²) in [6.07, 6.45) is 2.59. The summed E-state index contributed by atoms with van der Waals surface area (Å²) in [6.45, 7) is 11.2. The lowest BCUT2D eigenvalue weighted by atomic mass is 10.1. The van der Waals surface area contributed by atoms with Crippen LogP contribution < -0.4 is 4.74 Å². The molecule has 0 atom stereocenters. The molecule has 6 nitrogen and oxygen atoms in total. The number of aromatic nitrogens is 3. The lowest BCUT2D eigenvalue weighted by Gasteiger charge is -2.09. The van der Waals surface area contributed by atoms with Gasteiger partial charge in [0.25, 0.3) is 0 Å². The van der Waals surface area contributed by atoms with Gasteiger partial charge in [0, 0.05) is 29.2 Å². The van der Waals surface area contributed by atoms with Crippen molar-refractivity contribution in [1.29, 1.82) is 0 Å². The van der Waals surface area contributed by atoms with E-state index in [4.69, 9.17) is 14.6 Å². The van der Waals surface area contributed by atoms with Crippen LogP contribution in [0, 0.1) is 20.8 Å². The monoisotopic (exact) mass is 432 g/mol. The van der Waals surface area contributed by atoms with Gasteiger partial charge < -0.3 is 9.57 Å². The minimum Gasteiger partial charge on any atom is -0.493 e. The van der Waals surface area contributed by atoms with Gasteiger partial charge in [0.05, 0.1) is 23.7 Å². The van der Waals surface area contributed by atoms with Crippen LogP contribution in [-0.2, 0) is 11.3 Å². The van der Waals surface area contributed by atoms with E-state index < -0.39 is 0 Å². The SMILES string of the molecule is CCCOc1cc(C)nc(-c2cccc(CCCON=C(C)c3cc(C)cc(C)n3)n2)c1. The van der Waals surface area contributed by atoms with Crippen molar-refractivity contribution in [2.24, 2.45) is 5.16 Å². The van der Waals surface area contributed by atoms with Gasteiger partial charge in [-0.05, 0) is 76.8 Å². The fraction of sp³-hybridized carbons (Fsp3) is 0.385. The van der Waals surface area contributed by atoms with Crippen molar-refractivity contribution >= 4 is 5.71 Å². The van der Waals surface area contributed by atoms with E-state index in [1.165, 1.54) is 5.56 Å². The van der Waals surface area contributed by atoms with E-state index in [1.54, 1.807) is 0 Å². The Labute approximate surface area is 190 Å². The summed E-state index contributed by atoms with van der Waals surface area (Å²) in [5.74, 6) is 0.835. The highest BCUT2D eigenvalue weighted by Crippen LogP contribution is 2.22. The van der Waals surface area contributed by atoms with Gasteiger partial charge >= 0.3 is 0 Å². The maximum Gasteiger partial charge on any atom is 0.123 e. The Kier molecular flexibility index (Phi) is 8.31. The number of ether oxygens (including phenoxy) is 1. The third-order valence-corrected chi connectivity index (χ3v) is 4.81. The largest absolute Gasteiger partial charge is 0.493 e. The molecule has 0 aliphatic heterocycles. The van der Waals surface area contributed by atoms with E-state index in [0.29, 0.717) is 13.2 Å². The molecule has 0 aliphatic carbocycles. The number of pyridine rings is 3. The summed E-state index contributed by atoms with van der Waals surface area (Å²) in [5, 5.41) is 4.23. The fourth-order valence-corrected chi connectivity index (χ4v) is 3.37. The van der Waals surface area contributed by atoms with E-state index in [9.17, 15) is 0 Å². The number of hydrogen-bond acceptors (Lipinski definition) is 6. The normalized spacial score (nSPS) is 11.5. The van der Waals surface area contributed by atoms with Crippen LogP contribution in [0.15, 0.2) is 47.6 Å². The number of nitrogens with zero attached hydrogens (tertiary/aromatic N) is 4. The van der Waals surface area contributed by atoms with E-state index in [-0.39, 0.29) is 0 Å². The molecule has 6 heteroatoms. The lowest BCUT2D eigenvalue weighted by Crippen LogP contribution is -2.03. The van der Waals surface area contributed by atoms with Gasteiger partial charge in [-0.3, -0.25) is 15.0 Å². The van der Waals surface area contributed by atoms with E-state index in [1.807, 2.05) is 63.2 Å². The number of hydrogen-bond donors (Lipinski definition) is 0. The van der Waals surface area contributed by atoms with Crippen LogP contribution in [0.2, 0.25) is 0 Å². The van der Waals surface area contributed by atoms with Gasteiger partial charge in [-0.15, -0.1) is 0 Å². The van der Waals surface area contributed by atoms with Crippen molar-refractivity contribution < 1.29 is 9.57 Å². The molecule has 0 N–H and O–H groups in total. The first-order chi connectivity index (χ1) is 15.4. The molecule has 3 rings (SSSR count). The summed E-state index contributed by atoms with van der Waals surface area (Å²) in [7, 11) is 0. The maximum absolute atomic E-state index is 5.78. The average Bonchev–Trinajstić information content (AvgIpc) is 2.76. The molecule has 0 spiro atoms. The van der Waals surface area contributed by atoms with Crippen LogP contribution in [0.3, 0.4) is 0 Å². The topological polar surface area (TPSA) is 69.5 Å². The van der Waals surface area contributed by atoms with Crippen molar-refractivity contribution in [3.63, 3.8) is 0 Å². The number of rotatable bonds is 10. The summed E-state index contributed by atoms with van der Waals surface area (Å²) < 4.78 is 5.78. The Bertz CT molecular complexity index is 1060. The van der Waals surface area contributed by atoms with Crippen LogP contribution in [0.5, 0.6) is 5.75 Å². The Hall–Kier alpha value is -3.28. The Morgan fingerprint density at radius 3 is 2.50 bits per heavy atom. The van der Waals surface area contributed by atoms with Crippen molar-refractivity contribution in [3.8, 4) is 17.1 Å². The summed E-state index contributed by atoms with van der Waals surface area (Å²) in [6, 6.07) is 14.0. The third-order valence-electron chi connectivity index (χ3n) is 4.81. The van der Waals surface area contributed by atoms with Crippen LogP contribution >= 0.6 is 0 Å². The Morgan fingerprint density at radius 2 is 1.72 bits per heavy atom. The van der Waals surface area contributed by atoms with E-state index >= 15 is 0 Å². The van der Waals surface area contributed by atoms with Crippen LogP contribution in [0.25, 0.3) is 11.4 Å². The van der Waals surface area contributed by atoms with Crippen molar-refractivity contribution in [1.82, 2.24) is 15.0 Å². The highest BCUT2D eigenvalue weighted by atomic mass is 16.6. The third kappa shape index (κ3) is 6.87. The zero-order valence-corrected chi connectivity index (χ0v) is 19.7. The van der Waals surface area contributed by atoms with E-state index in [0.717, 1.165) is 64.9 Å². The second-order valence-corrected chi connectivity index (χ2v) is 7.98. The first-order valence-corrected chi connectivity index (χ1v) is 11.1. The highest BCUT2D eigenvalue weighted by Gasteiger charge is 2.07. The zero-order valence-electron chi connectivity index (χ0n) is 19.7. The van der Waals surface area contributed by atoms with Gasteiger partial charge in [0.2, 0.25) is 0 Å². The minimum atomic E-state index is 0.520. The summed E-state index contributed by atoms with van der Waals surface area (Å²) in [4.78, 5) is 19.5. The Balaban J connectivity index is 1.57. The fourth-order valence-electron chi connectivity index (χ4n) is 3.37. The standard InChI is InChI=1S/C26H32N4O2/c1-6-12-31-23-16-20(4)28-26(17-23)24-11-7-9-22(29-24)10-8-13-32-30-21(5)25-15-18(2)14-19(3)27-25/h7,9,11,14-17H,6,8,10,12-13H2,1-5H3. The smallest absolute Gasteiger partial charge is 0.123 e. The first-order valence-electron chi connectivity index (χ1n) is 11.1. The van der Waals surface area contributed by atoms with Gasteiger partial charge in [-0.2, -0.15) is 0 Å². The van der Waals surface area contributed by atoms with Crippen molar-refractivity contribution in [2.45, 2.75) is 53.9 Å². The predicted molar refractivity (Wildman–Crippen MR) is 128 cm³/mol. The quantitative estimate of drug-likeness (QED) is 0.236. The molecule has 32 heavy (non-hydrogen) atoms. The molecule has 0 unspecified atom stereocenters. The predicted octanol–water partition coefficient (Wildman–Crippen LogP) is 5.63. The number of aryl methyl sites for hydroxylation is 4. The first kappa shape index (κ1) is 23.4. The van der Waals surface area contributed by atoms with Crippen molar-refractivity contribution in [2.75, 3.05) is 13.2 Å². The Morgan fingerprint density at radius 1 is 0.906 bits per heavy atom. The molecular weight excluding hydrogens is 400 g/mol. The van der Waals surface area contributed by atoms with Gasteiger partial charge in [0.1, 0.15) is 18.1 Å². The second-order valence-electron chi connectivity index (χ2n) is 7.98. The molecule has 0 saturated carbocycles. The van der Waals surface area contributed by atoms with Crippen LogP contribution in [0.1, 0.15) is 55.0 Å². The molecule has 0 saturated heterocycles. The summed E-state index contributed by atoms with van der Waals surface area (Å²) >= 11 is 0.